The Morgan fingerprint density at radius 1 is 0.250 bits per heavy atom. The van der Waals surface area contributed by atoms with Crippen LogP contribution in [0.25, 0.3) is 108 Å². The molecule has 0 saturated carbocycles. The molecule has 0 unspecified atom stereocenters. The monoisotopic (exact) mass is 718 g/mol. The van der Waals surface area contributed by atoms with Crippen LogP contribution in [-0.2, 0) is 10.8 Å². The first-order valence-corrected chi connectivity index (χ1v) is 20.2. The van der Waals surface area contributed by atoms with Crippen molar-refractivity contribution in [1.29, 1.82) is 0 Å². The van der Waals surface area contributed by atoms with E-state index >= 15 is 0 Å². The molecule has 0 nitrogen and oxygen atoms in total. The molecule has 0 aromatic heterocycles. The van der Waals surface area contributed by atoms with Crippen LogP contribution in [0.2, 0.25) is 0 Å². The van der Waals surface area contributed by atoms with Gasteiger partial charge in [-0.05, 0) is 181 Å². The normalized spacial score (nSPS) is 13.0. The zero-order valence-electron chi connectivity index (χ0n) is 33.7. The number of aryl methyl sites for hydroxylation is 2. The summed E-state index contributed by atoms with van der Waals surface area (Å²) in [4.78, 5) is 0. The van der Waals surface area contributed by atoms with Gasteiger partial charge in [-0.1, -0.05) is 150 Å². The van der Waals surface area contributed by atoms with Crippen molar-refractivity contribution in [3.63, 3.8) is 0 Å². The summed E-state index contributed by atoms with van der Waals surface area (Å²) in [5.41, 5.74) is 10.6. The molecule has 0 aliphatic carbocycles. The Balaban J connectivity index is 1.26. The van der Waals surface area contributed by atoms with Crippen LogP contribution in [0.15, 0.2) is 133 Å². The van der Waals surface area contributed by atoms with Crippen molar-refractivity contribution >= 4 is 86.2 Å². The van der Waals surface area contributed by atoms with E-state index in [0.717, 1.165) is 0 Å². The van der Waals surface area contributed by atoms with E-state index in [1.165, 1.54) is 131 Å². The topological polar surface area (TPSA) is 0 Å². The van der Waals surface area contributed by atoms with E-state index in [1.807, 2.05) is 0 Å². The summed E-state index contributed by atoms with van der Waals surface area (Å²) >= 11 is 0. The number of hydrogen-bond acceptors (Lipinski definition) is 0. The van der Waals surface area contributed by atoms with Crippen molar-refractivity contribution in [2.24, 2.45) is 0 Å². The fraction of sp³-hybridized carbons (Fsp3) is 0.179. The molecule has 0 amide bonds. The van der Waals surface area contributed by atoms with Crippen LogP contribution in [0, 0.1) is 13.8 Å². The van der Waals surface area contributed by atoms with Gasteiger partial charge in [-0.3, -0.25) is 0 Å². The third-order valence-electron chi connectivity index (χ3n) is 12.9. The van der Waals surface area contributed by atoms with Crippen LogP contribution in [0.3, 0.4) is 0 Å². The molecule has 0 aliphatic heterocycles. The lowest BCUT2D eigenvalue weighted by Crippen LogP contribution is -2.10. The van der Waals surface area contributed by atoms with Crippen molar-refractivity contribution in [1.82, 2.24) is 0 Å². The lowest BCUT2D eigenvalue weighted by Gasteiger charge is -2.19. The Kier molecular flexibility index (Phi) is 6.73. The van der Waals surface area contributed by atoms with Crippen molar-refractivity contribution in [3.8, 4) is 22.3 Å². The fourth-order valence-corrected chi connectivity index (χ4v) is 9.88. The maximum Gasteiger partial charge on any atom is -0.00195 e. The van der Waals surface area contributed by atoms with Crippen molar-refractivity contribution in [2.75, 3.05) is 0 Å². The van der Waals surface area contributed by atoms with E-state index in [2.05, 4.69) is 189 Å². The maximum absolute atomic E-state index is 2.52. The highest BCUT2D eigenvalue weighted by molar-refractivity contribution is 6.40. The smallest absolute Gasteiger partial charge is 0.00195 e. The van der Waals surface area contributed by atoms with Crippen molar-refractivity contribution < 1.29 is 0 Å². The summed E-state index contributed by atoms with van der Waals surface area (Å²) in [5.74, 6) is 0. The van der Waals surface area contributed by atoms with Crippen LogP contribution >= 0.6 is 0 Å². The molecule has 11 rings (SSSR count). The van der Waals surface area contributed by atoms with E-state index in [9.17, 15) is 0 Å². The zero-order valence-corrected chi connectivity index (χ0v) is 33.7. The minimum absolute atomic E-state index is 0.112. The summed E-state index contributed by atoms with van der Waals surface area (Å²) in [6.45, 7) is 18.2. The van der Waals surface area contributed by atoms with E-state index in [4.69, 9.17) is 0 Å². The summed E-state index contributed by atoms with van der Waals surface area (Å²) in [6, 6.07) is 52.3. The molecule has 0 heteroatoms. The summed E-state index contributed by atoms with van der Waals surface area (Å²) in [6.07, 6.45) is 0. The molecule has 11 aromatic carbocycles. The molecule has 11 aromatic rings. The molecule has 56 heavy (non-hydrogen) atoms. The average Bonchev–Trinajstić information content (AvgIpc) is 3.66. The molecule has 0 radical (unpaired) electrons. The van der Waals surface area contributed by atoms with Gasteiger partial charge in [0.05, 0.1) is 0 Å². The maximum atomic E-state index is 2.52. The van der Waals surface area contributed by atoms with Gasteiger partial charge in [-0.25, -0.2) is 0 Å². The van der Waals surface area contributed by atoms with Gasteiger partial charge in [0, 0.05) is 0 Å². The van der Waals surface area contributed by atoms with Crippen LogP contribution < -0.4 is 0 Å². The van der Waals surface area contributed by atoms with Gasteiger partial charge in [0.15, 0.2) is 0 Å². The van der Waals surface area contributed by atoms with Gasteiger partial charge in [0.1, 0.15) is 0 Å². The largest absolute Gasteiger partial charge is 0.0587 e. The Hall–Kier alpha value is -5.98. The molecule has 0 fully saturated rings. The standard InChI is InChI=1S/C56H46/c1-31-9-19-39-43(23-31)49-27-35(33-11-15-37(16-12-33)55(3,4)5)25-47-41-21-22-42-46(45(41)29-51(39)53(47)49)30-52-40-20-10-32(2)24-44(40)50-28-36(26-48(42)54(50)52)34-13-17-38(18-14-34)56(6,7)8/h9-30H,1-8H3. The second-order valence-electron chi connectivity index (χ2n) is 18.7. The fourth-order valence-electron chi connectivity index (χ4n) is 9.88. The minimum atomic E-state index is 0.112. The molecule has 0 saturated heterocycles. The number of benzene rings is 9. The lowest BCUT2D eigenvalue weighted by atomic mass is 9.85. The van der Waals surface area contributed by atoms with E-state index in [1.54, 1.807) is 0 Å². The molecule has 0 atom stereocenters. The van der Waals surface area contributed by atoms with Crippen LogP contribution in [0.4, 0.5) is 0 Å². The van der Waals surface area contributed by atoms with Gasteiger partial charge >= 0.3 is 0 Å². The highest BCUT2D eigenvalue weighted by Gasteiger charge is 2.22. The lowest BCUT2D eigenvalue weighted by molar-refractivity contribution is 0.590. The summed E-state index contributed by atoms with van der Waals surface area (Å²) in [5, 5.41) is 21.5. The highest BCUT2D eigenvalue weighted by atomic mass is 14.3. The minimum Gasteiger partial charge on any atom is -0.0587 e. The first kappa shape index (κ1) is 33.4. The molecule has 0 heterocycles. The summed E-state index contributed by atoms with van der Waals surface area (Å²) < 4.78 is 0. The Morgan fingerprint density at radius 2 is 0.536 bits per heavy atom. The Labute approximate surface area is 329 Å². The molecule has 0 bridgehead atoms. The van der Waals surface area contributed by atoms with Gasteiger partial charge in [0.2, 0.25) is 0 Å². The Morgan fingerprint density at radius 3 is 0.875 bits per heavy atom. The molecule has 0 N–H and O–H groups in total. The predicted molar refractivity (Wildman–Crippen MR) is 247 cm³/mol. The molecule has 0 spiro atoms. The second-order valence-corrected chi connectivity index (χ2v) is 18.7. The summed E-state index contributed by atoms with van der Waals surface area (Å²) in [7, 11) is 0. The SMILES string of the molecule is Cc1ccc2c(c1)c1cc(-c3ccc(C(C)(C)C)cc3)cc3c4ccc5c(cc6c7ccc(C)cc7c7cc(-c8ccc(C(C)(C)C)cc8)cc5c76)c4cc2c31. The Bertz CT molecular complexity index is 3170. The first-order chi connectivity index (χ1) is 26.8. The second kappa shape index (κ2) is 11.3. The van der Waals surface area contributed by atoms with Gasteiger partial charge in [-0.2, -0.15) is 0 Å². The highest BCUT2D eigenvalue weighted by Crippen LogP contribution is 2.49. The van der Waals surface area contributed by atoms with Crippen molar-refractivity contribution in [3.05, 3.63) is 156 Å². The van der Waals surface area contributed by atoms with Crippen LogP contribution in [-0.4, -0.2) is 0 Å². The first-order valence-electron chi connectivity index (χ1n) is 20.2. The quantitative estimate of drug-likeness (QED) is 0.156. The van der Waals surface area contributed by atoms with Gasteiger partial charge in [0.25, 0.3) is 0 Å². The zero-order chi connectivity index (χ0) is 38.4. The van der Waals surface area contributed by atoms with Gasteiger partial charge in [-0.15, -0.1) is 0 Å². The third kappa shape index (κ3) is 4.78. The molecule has 0 aliphatic rings. The molecular formula is C56H46. The number of fused-ring (bicyclic) bond motifs is 11. The van der Waals surface area contributed by atoms with Crippen LogP contribution in [0.5, 0.6) is 0 Å². The molecular weight excluding hydrogens is 673 g/mol. The van der Waals surface area contributed by atoms with Crippen molar-refractivity contribution in [2.45, 2.75) is 66.2 Å². The van der Waals surface area contributed by atoms with E-state index in [-0.39, 0.29) is 10.8 Å². The van der Waals surface area contributed by atoms with Crippen LogP contribution in [0.1, 0.15) is 63.8 Å². The van der Waals surface area contributed by atoms with E-state index in [0.29, 0.717) is 0 Å². The average molecular weight is 719 g/mol. The predicted octanol–water partition coefficient (Wildman–Crippen LogP) is 16.3. The number of rotatable bonds is 2. The van der Waals surface area contributed by atoms with E-state index < -0.39 is 0 Å². The molecule has 270 valence electrons. The number of hydrogen-bond donors (Lipinski definition) is 0. The third-order valence-corrected chi connectivity index (χ3v) is 12.9. The van der Waals surface area contributed by atoms with Gasteiger partial charge < -0.3 is 0 Å².